The van der Waals surface area contributed by atoms with Gasteiger partial charge in [0.15, 0.2) is 5.75 Å². The number of phenols is 1. The summed E-state index contributed by atoms with van der Waals surface area (Å²) in [7, 11) is 0. The monoisotopic (exact) mass is 393 g/mol. The van der Waals surface area contributed by atoms with E-state index in [4.69, 9.17) is 8.83 Å². The standard InChI is InChI=1S/C17H16BrNO5/c1-9-3-5-14(23-9)16(15-6-4-10(2)24-15)12-7-11(18)8-13(17(12)20)19(21)22/h3-8,16,19-21H,1-2H3. The SMILES string of the molecule is Cc1ccc(C(c2ccc(C)o2)c2cc(Br)cc([NH+]([O-])O)c2O)o1. The fourth-order valence-corrected chi connectivity index (χ4v) is 3.14. The van der Waals surface area contributed by atoms with Crippen LogP contribution in [0, 0.1) is 19.1 Å². The van der Waals surface area contributed by atoms with Gasteiger partial charge in [-0.25, -0.2) is 5.21 Å². The van der Waals surface area contributed by atoms with Crippen molar-refractivity contribution in [1.82, 2.24) is 0 Å². The maximum atomic E-state index is 11.4. The first-order chi connectivity index (χ1) is 11.4. The molecular formula is C17H16BrNO5. The Morgan fingerprint density at radius 1 is 1.04 bits per heavy atom. The molecule has 3 N–H and O–H groups in total. The zero-order valence-electron chi connectivity index (χ0n) is 13.0. The Morgan fingerprint density at radius 2 is 1.58 bits per heavy atom. The van der Waals surface area contributed by atoms with Gasteiger partial charge in [0.25, 0.3) is 0 Å². The van der Waals surface area contributed by atoms with Crippen LogP contribution in [0.4, 0.5) is 5.69 Å². The highest BCUT2D eigenvalue weighted by Crippen LogP contribution is 2.42. The Kier molecular flexibility index (Phi) is 4.51. The second-order valence-corrected chi connectivity index (χ2v) is 6.44. The summed E-state index contributed by atoms with van der Waals surface area (Å²) in [6, 6.07) is 10.2. The van der Waals surface area contributed by atoms with E-state index in [0.717, 1.165) is 0 Å². The number of quaternary nitrogens is 1. The molecule has 1 aromatic carbocycles. The van der Waals surface area contributed by atoms with E-state index in [9.17, 15) is 15.5 Å². The molecule has 126 valence electrons. The maximum absolute atomic E-state index is 11.4. The van der Waals surface area contributed by atoms with Gasteiger partial charge in [-0.15, -0.1) is 0 Å². The highest BCUT2D eigenvalue weighted by molar-refractivity contribution is 9.10. The lowest BCUT2D eigenvalue weighted by atomic mass is 9.92. The molecule has 0 saturated carbocycles. The molecule has 0 fully saturated rings. The van der Waals surface area contributed by atoms with Crippen LogP contribution in [0.5, 0.6) is 5.75 Å². The highest BCUT2D eigenvalue weighted by Gasteiger charge is 2.29. The molecule has 0 saturated heterocycles. The third kappa shape index (κ3) is 3.11. The van der Waals surface area contributed by atoms with Gasteiger partial charge < -0.3 is 19.1 Å². The van der Waals surface area contributed by atoms with E-state index in [-0.39, 0.29) is 11.4 Å². The number of furan rings is 2. The third-order valence-corrected chi connectivity index (χ3v) is 4.19. The number of benzene rings is 1. The van der Waals surface area contributed by atoms with Crippen LogP contribution in [0.15, 0.2) is 49.7 Å². The van der Waals surface area contributed by atoms with Crippen molar-refractivity contribution in [3.63, 3.8) is 0 Å². The van der Waals surface area contributed by atoms with E-state index in [0.29, 0.717) is 33.1 Å². The summed E-state index contributed by atoms with van der Waals surface area (Å²) in [5.74, 6) is 1.69. The lowest BCUT2D eigenvalue weighted by Gasteiger charge is -2.19. The topological polar surface area (TPSA) is 94.2 Å². The van der Waals surface area contributed by atoms with Crippen molar-refractivity contribution in [2.75, 3.05) is 0 Å². The van der Waals surface area contributed by atoms with Gasteiger partial charge in [-0.05, 0) is 44.2 Å². The van der Waals surface area contributed by atoms with Crippen molar-refractivity contribution < 1.29 is 24.4 Å². The molecule has 7 heteroatoms. The first-order valence-electron chi connectivity index (χ1n) is 7.25. The molecule has 3 rings (SSSR count). The number of aryl methyl sites for hydroxylation is 2. The Bertz CT molecular complexity index is 827. The van der Waals surface area contributed by atoms with E-state index in [1.165, 1.54) is 6.07 Å². The molecule has 2 aromatic heterocycles. The number of nitrogens with one attached hydrogen (secondary N) is 1. The third-order valence-electron chi connectivity index (χ3n) is 3.74. The average Bonchev–Trinajstić information content (AvgIpc) is 3.12. The Morgan fingerprint density at radius 3 is 2.00 bits per heavy atom. The fraction of sp³-hybridized carbons (Fsp3) is 0.176. The van der Waals surface area contributed by atoms with E-state index >= 15 is 0 Å². The van der Waals surface area contributed by atoms with Crippen LogP contribution in [0.25, 0.3) is 0 Å². The molecule has 0 bridgehead atoms. The van der Waals surface area contributed by atoms with Crippen molar-refractivity contribution in [2.24, 2.45) is 0 Å². The normalized spacial score (nSPS) is 12.8. The van der Waals surface area contributed by atoms with Gasteiger partial charge in [0.1, 0.15) is 29.0 Å². The number of aromatic hydroxyl groups is 1. The lowest BCUT2D eigenvalue weighted by Crippen LogP contribution is -2.99. The minimum absolute atomic E-state index is 0.184. The van der Waals surface area contributed by atoms with Crippen LogP contribution in [-0.2, 0) is 0 Å². The smallest absolute Gasteiger partial charge is 0.207 e. The van der Waals surface area contributed by atoms with Gasteiger partial charge in [-0.3, -0.25) is 0 Å². The first-order valence-corrected chi connectivity index (χ1v) is 8.04. The zero-order chi connectivity index (χ0) is 17.4. The molecule has 0 spiro atoms. The van der Waals surface area contributed by atoms with Crippen LogP contribution >= 0.6 is 15.9 Å². The van der Waals surface area contributed by atoms with Gasteiger partial charge in [0.05, 0.1) is 0 Å². The van der Waals surface area contributed by atoms with Gasteiger partial charge in [-0.1, -0.05) is 15.9 Å². The Labute approximate surface area is 146 Å². The number of halogens is 1. The van der Waals surface area contributed by atoms with Crippen molar-refractivity contribution in [1.29, 1.82) is 0 Å². The molecule has 0 aliphatic heterocycles. The molecule has 24 heavy (non-hydrogen) atoms. The number of hydrogen-bond acceptors (Lipinski definition) is 5. The minimum Gasteiger partial charge on any atom is -0.595 e. The molecule has 6 nitrogen and oxygen atoms in total. The van der Waals surface area contributed by atoms with E-state index < -0.39 is 11.1 Å². The molecule has 0 amide bonds. The molecule has 1 atom stereocenters. The van der Waals surface area contributed by atoms with E-state index in [1.807, 2.05) is 26.0 Å². The van der Waals surface area contributed by atoms with Crippen LogP contribution in [-0.4, -0.2) is 10.3 Å². The number of rotatable bonds is 4. The second kappa shape index (κ2) is 6.45. The summed E-state index contributed by atoms with van der Waals surface area (Å²) in [5.41, 5.74) is 0.210. The van der Waals surface area contributed by atoms with E-state index in [1.54, 1.807) is 18.2 Å². The second-order valence-electron chi connectivity index (χ2n) is 5.53. The molecule has 2 heterocycles. The fourth-order valence-electron chi connectivity index (χ4n) is 2.67. The zero-order valence-corrected chi connectivity index (χ0v) is 14.6. The van der Waals surface area contributed by atoms with Crippen LogP contribution in [0.1, 0.15) is 34.5 Å². The predicted molar refractivity (Wildman–Crippen MR) is 89.4 cm³/mol. The van der Waals surface area contributed by atoms with Gasteiger partial charge in [0, 0.05) is 16.1 Å². The Balaban J connectivity index is 2.23. The summed E-state index contributed by atoms with van der Waals surface area (Å²) >= 11 is 3.30. The van der Waals surface area contributed by atoms with Crippen LogP contribution in [0.3, 0.4) is 0 Å². The molecular weight excluding hydrogens is 378 g/mol. The maximum Gasteiger partial charge on any atom is 0.207 e. The summed E-state index contributed by atoms with van der Waals surface area (Å²) in [6.07, 6.45) is 0. The van der Waals surface area contributed by atoms with Crippen molar-refractivity contribution in [3.8, 4) is 5.75 Å². The molecule has 1 unspecified atom stereocenters. The summed E-state index contributed by atoms with van der Waals surface area (Å²) in [5, 5.41) is 30.0. The van der Waals surface area contributed by atoms with Crippen molar-refractivity contribution in [3.05, 3.63) is 74.7 Å². The van der Waals surface area contributed by atoms with Crippen LogP contribution < -0.4 is 5.23 Å². The largest absolute Gasteiger partial charge is 0.595 e. The lowest BCUT2D eigenvalue weighted by molar-refractivity contribution is -0.991. The number of phenolic OH excluding ortho intramolecular Hbond substituents is 1. The molecule has 0 aliphatic carbocycles. The highest BCUT2D eigenvalue weighted by atomic mass is 79.9. The molecule has 0 radical (unpaired) electrons. The quantitative estimate of drug-likeness (QED) is 0.465. The van der Waals surface area contributed by atoms with Crippen molar-refractivity contribution >= 4 is 21.6 Å². The molecule has 0 aliphatic rings. The van der Waals surface area contributed by atoms with E-state index in [2.05, 4.69) is 15.9 Å². The summed E-state index contributed by atoms with van der Waals surface area (Å²) < 4.78 is 12.0. The number of hydrogen-bond donors (Lipinski definition) is 3. The average molecular weight is 394 g/mol. The van der Waals surface area contributed by atoms with Crippen LogP contribution in [0.2, 0.25) is 0 Å². The van der Waals surface area contributed by atoms with Gasteiger partial charge in [0.2, 0.25) is 5.69 Å². The van der Waals surface area contributed by atoms with Crippen molar-refractivity contribution in [2.45, 2.75) is 19.8 Å². The summed E-state index contributed by atoms with van der Waals surface area (Å²) in [4.78, 5) is 0. The minimum atomic E-state index is -1.21. The predicted octanol–water partition coefficient (Wildman–Crippen LogP) is 3.54. The summed E-state index contributed by atoms with van der Waals surface area (Å²) in [6.45, 7) is 3.63. The van der Waals surface area contributed by atoms with Gasteiger partial charge in [-0.2, -0.15) is 5.23 Å². The first kappa shape index (κ1) is 16.8. The van der Waals surface area contributed by atoms with Gasteiger partial charge >= 0.3 is 0 Å². The Hall–Kier alpha value is -2.06. The molecule has 3 aromatic rings.